The number of hydrogen-bond acceptors (Lipinski definition) is 4. The number of carbonyl (C=O) groups is 1. The molecule has 2 aromatic heterocycles. The lowest BCUT2D eigenvalue weighted by Crippen LogP contribution is -2.34. The predicted octanol–water partition coefficient (Wildman–Crippen LogP) is 2.55. The SMILES string of the molecule is Cc1ccc(CCn2ccnc2C(=O)C2CCN(C)CC2)o1. The normalized spacial score (nSPS) is 17.0. The van der Waals surface area contributed by atoms with Gasteiger partial charge in [-0.15, -0.1) is 0 Å². The molecule has 0 spiro atoms. The summed E-state index contributed by atoms with van der Waals surface area (Å²) >= 11 is 0. The highest BCUT2D eigenvalue weighted by atomic mass is 16.3. The van der Waals surface area contributed by atoms with E-state index in [9.17, 15) is 4.79 Å². The van der Waals surface area contributed by atoms with E-state index in [0.29, 0.717) is 5.82 Å². The van der Waals surface area contributed by atoms with Gasteiger partial charge in [0.1, 0.15) is 11.5 Å². The summed E-state index contributed by atoms with van der Waals surface area (Å²) in [5, 5.41) is 0. The molecule has 0 N–H and O–H groups in total. The first-order valence-electron chi connectivity index (χ1n) is 7.92. The summed E-state index contributed by atoms with van der Waals surface area (Å²) in [4.78, 5) is 19.2. The predicted molar refractivity (Wildman–Crippen MR) is 83.9 cm³/mol. The van der Waals surface area contributed by atoms with Crippen molar-refractivity contribution in [3.63, 3.8) is 0 Å². The Hall–Kier alpha value is -1.88. The van der Waals surface area contributed by atoms with Crippen LogP contribution in [0.4, 0.5) is 0 Å². The molecule has 0 aliphatic carbocycles. The van der Waals surface area contributed by atoms with Crippen molar-refractivity contribution < 1.29 is 9.21 Å². The summed E-state index contributed by atoms with van der Waals surface area (Å²) in [5.74, 6) is 2.77. The zero-order valence-electron chi connectivity index (χ0n) is 13.3. The van der Waals surface area contributed by atoms with E-state index < -0.39 is 0 Å². The molecule has 0 amide bonds. The van der Waals surface area contributed by atoms with Crippen LogP contribution in [0.15, 0.2) is 28.9 Å². The van der Waals surface area contributed by atoms with E-state index in [1.54, 1.807) is 6.20 Å². The van der Waals surface area contributed by atoms with Crippen molar-refractivity contribution in [3.05, 3.63) is 41.9 Å². The van der Waals surface area contributed by atoms with Crippen molar-refractivity contribution in [2.45, 2.75) is 32.7 Å². The highest BCUT2D eigenvalue weighted by molar-refractivity contribution is 5.94. The van der Waals surface area contributed by atoms with E-state index in [1.807, 2.05) is 29.8 Å². The monoisotopic (exact) mass is 301 g/mol. The van der Waals surface area contributed by atoms with Gasteiger partial charge >= 0.3 is 0 Å². The van der Waals surface area contributed by atoms with E-state index in [1.165, 1.54) is 0 Å². The molecule has 1 saturated heterocycles. The molecule has 5 nitrogen and oxygen atoms in total. The second kappa shape index (κ2) is 6.48. The molecule has 5 heteroatoms. The maximum atomic E-state index is 12.7. The van der Waals surface area contributed by atoms with Gasteiger partial charge in [-0.1, -0.05) is 0 Å². The first-order chi connectivity index (χ1) is 10.6. The van der Waals surface area contributed by atoms with Gasteiger partial charge in [0.2, 0.25) is 5.78 Å². The van der Waals surface area contributed by atoms with Crippen LogP contribution in [-0.4, -0.2) is 40.4 Å². The van der Waals surface area contributed by atoms with E-state index in [4.69, 9.17) is 4.42 Å². The summed E-state index contributed by atoms with van der Waals surface area (Å²) in [7, 11) is 2.10. The molecule has 1 aliphatic heterocycles. The van der Waals surface area contributed by atoms with Crippen molar-refractivity contribution in [3.8, 4) is 0 Å². The Balaban J connectivity index is 1.65. The summed E-state index contributed by atoms with van der Waals surface area (Å²) in [6.07, 6.45) is 6.24. The minimum Gasteiger partial charge on any atom is -0.466 e. The van der Waals surface area contributed by atoms with E-state index in [0.717, 1.165) is 50.4 Å². The number of rotatable bonds is 5. The number of imidazole rings is 1. The zero-order chi connectivity index (χ0) is 15.5. The molecule has 0 saturated carbocycles. The van der Waals surface area contributed by atoms with Gasteiger partial charge in [0, 0.05) is 31.3 Å². The van der Waals surface area contributed by atoms with E-state index >= 15 is 0 Å². The van der Waals surface area contributed by atoms with Crippen molar-refractivity contribution in [1.29, 1.82) is 0 Å². The molecule has 0 unspecified atom stereocenters. The lowest BCUT2D eigenvalue weighted by atomic mass is 9.92. The number of aryl methyl sites for hydroxylation is 3. The number of piperidine rings is 1. The van der Waals surface area contributed by atoms with Crippen LogP contribution in [0.3, 0.4) is 0 Å². The minimum absolute atomic E-state index is 0.114. The first kappa shape index (κ1) is 15.0. The Morgan fingerprint density at radius 1 is 1.36 bits per heavy atom. The number of aromatic nitrogens is 2. The third kappa shape index (κ3) is 3.30. The fraction of sp³-hybridized carbons (Fsp3) is 0.529. The molecule has 22 heavy (non-hydrogen) atoms. The van der Waals surface area contributed by atoms with E-state index in [2.05, 4.69) is 16.9 Å². The number of hydrogen-bond donors (Lipinski definition) is 0. The quantitative estimate of drug-likeness (QED) is 0.796. The number of likely N-dealkylation sites (tertiary alicyclic amines) is 1. The van der Waals surface area contributed by atoms with Gasteiger partial charge in [-0.2, -0.15) is 0 Å². The standard InChI is InChI=1S/C17H23N3O2/c1-13-3-4-15(22-13)7-11-20-12-8-18-17(20)16(21)14-5-9-19(2)10-6-14/h3-4,8,12,14H,5-7,9-11H2,1-2H3. The van der Waals surface area contributed by atoms with E-state index in [-0.39, 0.29) is 11.7 Å². The maximum absolute atomic E-state index is 12.7. The van der Waals surface area contributed by atoms with Gasteiger partial charge in [0.25, 0.3) is 0 Å². The average Bonchev–Trinajstić information content (AvgIpc) is 3.14. The largest absolute Gasteiger partial charge is 0.466 e. The lowest BCUT2D eigenvalue weighted by molar-refractivity contribution is 0.0841. The fourth-order valence-corrected chi connectivity index (χ4v) is 3.02. The molecule has 3 rings (SSSR count). The summed E-state index contributed by atoms with van der Waals surface area (Å²) in [5.41, 5.74) is 0. The number of furan rings is 1. The van der Waals surface area contributed by atoms with Crippen LogP contribution in [0.1, 0.15) is 35.0 Å². The molecule has 0 bridgehead atoms. The molecule has 1 aliphatic rings. The van der Waals surface area contributed by atoms with Crippen molar-refractivity contribution in [2.75, 3.05) is 20.1 Å². The Bertz CT molecular complexity index is 636. The molecule has 2 aromatic rings. The molecule has 118 valence electrons. The van der Waals surface area contributed by atoms with Crippen molar-refractivity contribution in [2.24, 2.45) is 5.92 Å². The Morgan fingerprint density at radius 3 is 2.82 bits per heavy atom. The average molecular weight is 301 g/mol. The fourth-order valence-electron chi connectivity index (χ4n) is 3.02. The van der Waals surface area contributed by atoms with Crippen LogP contribution in [0, 0.1) is 12.8 Å². The third-order valence-corrected chi connectivity index (χ3v) is 4.42. The van der Waals surface area contributed by atoms with Crippen molar-refractivity contribution >= 4 is 5.78 Å². The molecule has 0 atom stereocenters. The third-order valence-electron chi connectivity index (χ3n) is 4.42. The Labute approximate surface area is 130 Å². The molecule has 0 radical (unpaired) electrons. The maximum Gasteiger partial charge on any atom is 0.201 e. The van der Waals surface area contributed by atoms with Crippen LogP contribution in [0.2, 0.25) is 0 Å². The molecular formula is C17H23N3O2. The second-order valence-corrected chi connectivity index (χ2v) is 6.15. The summed E-state index contributed by atoms with van der Waals surface area (Å²) in [6.45, 7) is 4.64. The molecule has 0 aromatic carbocycles. The van der Waals surface area contributed by atoms with Gasteiger partial charge in [0.05, 0.1) is 0 Å². The summed E-state index contributed by atoms with van der Waals surface area (Å²) in [6, 6.07) is 3.96. The van der Waals surface area contributed by atoms with Crippen LogP contribution in [-0.2, 0) is 13.0 Å². The highest BCUT2D eigenvalue weighted by Gasteiger charge is 2.27. The number of Topliss-reactive ketones (excluding diaryl/α,β-unsaturated/α-hetero) is 1. The van der Waals surface area contributed by atoms with Gasteiger partial charge < -0.3 is 13.9 Å². The van der Waals surface area contributed by atoms with Crippen LogP contribution < -0.4 is 0 Å². The molecular weight excluding hydrogens is 278 g/mol. The van der Waals surface area contributed by atoms with Crippen molar-refractivity contribution in [1.82, 2.24) is 14.5 Å². The Kier molecular flexibility index (Phi) is 4.43. The second-order valence-electron chi connectivity index (χ2n) is 6.15. The zero-order valence-corrected chi connectivity index (χ0v) is 13.3. The number of ketones is 1. The topological polar surface area (TPSA) is 51.3 Å². The Morgan fingerprint density at radius 2 is 2.14 bits per heavy atom. The molecule has 3 heterocycles. The van der Waals surface area contributed by atoms with Gasteiger partial charge in [-0.25, -0.2) is 4.98 Å². The first-order valence-corrected chi connectivity index (χ1v) is 7.92. The summed E-state index contributed by atoms with van der Waals surface area (Å²) < 4.78 is 7.54. The van der Waals surface area contributed by atoms with Gasteiger partial charge in [-0.3, -0.25) is 4.79 Å². The number of nitrogens with zero attached hydrogens (tertiary/aromatic N) is 3. The highest BCUT2D eigenvalue weighted by Crippen LogP contribution is 2.20. The van der Waals surface area contributed by atoms with Crippen LogP contribution in [0.5, 0.6) is 0 Å². The smallest absolute Gasteiger partial charge is 0.201 e. The van der Waals surface area contributed by atoms with Crippen LogP contribution in [0.25, 0.3) is 0 Å². The van der Waals surface area contributed by atoms with Gasteiger partial charge in [0.15, 0.2) is 5.82 Å². The number of carbonyl (C=O) groups excluding carboxylic acids is 1. The van der Waals surface area contributed by atoms with Crippen LogP contribution >= 0.6 is 0 Å². The minimum atomic E-state index is 0.114. The lowest BCUT2D eigenvalue weighted by Gasteiger charge is -2.27. The van der Waals surface area contributed by atoms with Gasteiger partial charge in [-0.05, 0) is 52.0 Å². The molecule has 1 fully saturated rings.